The predicted octanol–water partition coefficient (Wildman–Crippen LogP) is 3.36. The summed E-state index contributed by atoms with van der Waals surface area (Å²) in [6.07, 6.45) is 3.90. The molecule has 4 heteroatoms. The summed E-state index contributed by atoms with van der Waals surface area (Å²) in [5.41, 5.74) is 2.08. The van der Waals surface area contributed by atoms with Gasteiger partial charge in [-0.2, -0.15) is 0 Å². The molecule has 0 bridgehead atoms. The normalized spacial score (nSPS) is 13.2. The summed E-state index contributed by atoms with van der Waals surface area (Å²) in [5.74, 6) is -0.419. The summed E-state index contributed by atoms with van der Waals surface area (Å²) in [4.78, 5) is 12.0. The third-order valence-corrected chi connectivity index (χ3v) is 3.37. The number of phenols is 1. The molecule has 0 saturated carbocycles. The van der Waals surface area contributed by atoms with Crippen LogP contribution in [-0.4, -0.2) is 17.5 Å². The van der Waals surface area contributed by atoms with E-state index in [9.17, 15) is 14.3 Å². The van der Waals surface area contributed by atoms with Crippen molar-refractivity contribution in [2.24, 2.45) is 0 Å². The van der Waals surface area contributed by atoms with Crippen molar-refractivity contribution < 1.29 is 19.0 Å². The number of hydrogen-bond acceptors (Lipinski definition) is 3. The van der Waals surface area contributed by atoms with Gasteiger partial charge in [-0.25, -0.2) is 4.39 Å². The van der Waals surface area contributed by atoms with Gasteiger partial charge >= 0.3 is 0 Å². The highest BCUT2D eigenvalue weighted by Crippen LogP contribution is 2.26. The zero-order valence-corrected chi connectivity index (χ0v) is 11.2. The molecule has 1 heterocycles. The molecule has 0 unspecified atom stereocenters. The first-order chi connectivity index (χ1) is 10.1. The minimum atomic E-state index is -0.577. The van der Waals surface area contributed by atoms with Crippen LogP contribution in [0.5, 0.6) is 11.5 Å². The van der Waals surface area contributed by atoms with Crippen molar-refractivity contribution >= 4 is 11.9 Å². The first-order valence-corrected chi connectivity index (χ1v) is 6.60. The van der Waals surface area contributed by atoms with Crippen LogP contribution in [0.2, 0.25) is 0 Å². The molecule has 3 nitrogen and oxygen atoms in total. The molecular weight excluding hydrogens is 271 g/mol. The number of ketones is 1. The van der Waals surface area contributed by atoms with Gasteiger partial charge in [0.1, 0.15) is 17.3 Å². The largest absolute Gasteiger partial charge is 0.507 e. The van der Waals surface area contributed by atoms with Crippen molar-refractivity contribution in [2.45, 2.75) is 6.42 Å². The lowest BCUT2D eigenvalue weighted by molar-refractivity contribution is 0.104. The van der Waals surface area contributed by atoms with Gasteiger partial charge in [-0.3, -0.25) is 4.79 Å². The number of ether oxygens (including phenoxy) is 1. The van der Waals surface area contributed by atoms with Crippen molar-refractivity contribution in [1.29, 1.82) is 0 Å². The quantitative estimate of drug-likeness (QED) is 0.694. The van der Waals surface area contributed by atoms with Crippen molar-refractivity contribution in [3.63, 3.8) is 0 Å². The minimum Gasteiger partial charge on any atom is -0.507 e. The maximum Gasteiger partial charge on any atom is 0.189 e. The summed E-state index contributed by atoms with van der Waals surface area (Å²) >= 11 is 0. The van der Waals surface area contributed by atoms with Gasteiger partial charge < -0.3 is 9.84 Å². The van der Waals surface area contributed by atoms with Crippen LogP contribution in [0, 0.1) is 5.82 Å². The molecule has 0 aromatic heterocycles. The van der Waals surface area contributed by atoms with E-state index in [0.29, 0.717) is 6.61 Å². The van der Waals surface area contributed by atoms with E-state index < -0.39 is 5.82 Å². The van der Waals surface area contributed by atoms with E-state index in [1.165, 1.54) is 12.1 Å². The Labute approximate surface area is 121 Å². The van der Waals surface area contributed by atoms with Crippen LogP contribution in [0.3, 0.4) is 0 Å². The molecule has 1 aliphatic rings. The van der Waals surface area contributed by atoms with Crippen molar-refractivity contribution in [1.82, 2.24) is 0 Å². The fraction of sp³-hybridized carbons (Fsp3) is 0.118. The summed E-state index contributed by atoms with van der Waals surface area (Å²) in [6, 6.07) is 9.05. The SMILES string of the molecule is O=C(/C=C/c1ccc2c(c1)CCO2)c1ccc(F)cc1O. The zero-order chi connectivity index (χ0) is 14.8. The molecule has 0 aliphatic carbocycles. The maximum absolute atomic E-state index is 12.9. The van der Waals surface area contributed by atoms with E-state index in [1.807, 2.05) is 18.2 Å². The van der Waals surface area contributed by atoms with Crippen molar-refractivity contribution in [2.75, 3.05) is 6.61 Å². The number of carbonyl (C=O) groups excluding carboxylic acids is 1. The molecule has 2 aromatic carbocycles. The number of benzene rings is 2. The molecule has 0 atom stereocenters. The second kappa shape index (κ2) is 5.40. The Hall–Kier alpha value is -2.62. The lowest BCUT2D eigenvalue weighted by Crippen LogP contribution is -1.95. The second-order valence-electron chi connectivity index (χ2n) is 4.82. The summed E-state index contributed by atoms with van der Waals surface area (Å²) in [7, 11) is 0. The summed E-state index contributed by atoms with van der Waals surface area (Å²) < 4.78 is 18.3. The Morgan fingerprint density at radius 2 is 2.10 bits per heavy atom. The number of fused-ring (bicyclic) bond motifs is 1. The highest BCUT2D eigenvalue weighted by molar-refractivity contribution is 6.08. The lowest BCUT2D eigenvalue weighted by atomic mass is 10.1. The number of aromatic hydroxyl groups is 1. The molecule has 106 valence electrons. The number of halogens is 1. The number of rotatable bonds is 3. The molecule has 0 radical (unpaired) electrons. The Bertz CT molecular complexity index is 735. The molecule has 0 spiro atoms. The molecule has 1 aliphatic heterocycles. The van der Waals surface area contributed by atoms with E-state index in [0.717, 1.165) is 35.4 Å². The van der Waals surface area contributed by atoms with Gasteiger partial charge in [0.05, 0.1) is 12.2 Å². The zero-order valence-electron chi connectivity index (χ0n) is 11.2. The topological polar surface area (TPSA) is 46.5 Å². The Morgan fingerprint density at radius 3 is 2.90 bits per heavy atom. The van der Waals surface area contributed by atoms with Gasteiger partial charge in [0.15, 0.2) is 5.78 Å². The first-order valence-electron chi connectivity index (χ1n) is 6.60. The van der Waals surface area contributed by atoms with Crippen LogP contribution < -0.4 is 4.74 Å². The molecule has 0 fully saturated rings. The summed E-state index contributed by atoms with van der Waals surface area (Å²) in [5, 5.41) is 9.57. The highest BCUT2D eigenvalue weighted by atomic mass is 19.1. The maximum atomic E-state index is 12.9. The molecule has 3 rings (SSSR count). The smallest absolute Gasteiger partial charge is 0.189 e. The van der Waals surface area contributed by atoms with Crippen LogP contribution in [0.4, 0.5) is 4.39 Å². The molecular formula is C17H13FO3. The van der Waals surface area contributed by atoms with Gasteiger partial charge in [-0.1, -0.05) is 12.1 Å². The third-order valence-electron chi connectivity index (χ3n) is 3.37. The number of carbonyl (C=O) groups is 1. The van der Waals surface area contributed by atoms with Gasteiger partial charge in [0.25, 0.3) is 0 Å². The monoisotopic (exact) mass is 284 g/mol. The fourth-order valence-corrected chi connectivity index (χ4v) is 2.29. The Kier molecular flexibility index (Phi) is 3.44. The van der Waals surface area contributed by atoms with Crippen LogP contribution in [0.1, 0.15) is 21.5 Å². The van der Waals surface area contributed by atoms with E-state index in [-0.39, 0.29) is 17.1 Å². The highest BCUT2D eigenvalue weighted by Gasteiger charge is 2.12. The number of hydrogen-bond donors (Lipinski definition) is 1. The van der Waals surface area contributed by atoms with Crippen LogP contribution in [0.25, 0.3) is 6.08 Å². The molecule has 0 saturated heterocycles. The molecule has 2 aromatic rings. The van der Waals surface area contributed by atoms with Crippen molar-refractivity contribution in [3.05, 3.63) is 65.0 Å². The van der Waals surface area contributed by atoms with Gasteiger partial charge in [-0.05, 0) is 41.5 Å². The molecule has 0 amide bonds. The van der Waals surface area contributed by atoms with E-state index >= 15 is 0 Å². The summed E-state index contributed by atoms with van der Waals surface area (Å²) in [6.45, 7) is 0.685. The standard InChI is InChI=1S/C17H13FO3/c18-13-3-4-14(16(20)10-13)15(19)5-1-11-2-6-17-12(9-11)7-8-21-17/h1-6,9-10,20H,7-8H2/b5-1+. The van der Waals surface area contributed by atoms with Gasteiger partial charge in [-0.15, -0.1) is 0 Å². The number of allylic oxidation sites excluding steroid dienone is 1. The van der Waals surface area contributed by atoms with Crippen molar-refractivity contribution in [3.8, 4) is 11.5 Å². The first kappa shape index (κ1) is 13.4. The minimum absolute atomic E-state index is 0.0807. The predicted molar refractivity (Wildman–Crippen MR) is 77.1 cm³/mol. The average Bonchev–Trinajstić information content (AvgIpc) is 2.92. The number of phenolic OH excluding ortho intramolecular Hbond substituents is 1. The van der Waals surface area contributed by atoms with Gasteiger partial charge in [0, 0.05) is 12.5 Å². The fourth-order valence-electron chi connectivity index (χ4n) is 2.29. The van der Waals surface area contributed by atoms with Crippen LogP contribution in [0.15, 0.2) is 42.5 Å². The van der Waals surface area contributed by atoms with E-state index in [1.54, 1.807) is 6.08 Å². The average molecular weight is 284 g/mol. The second-order valence-corrected chi connectivity index (χ2v) is 4.82. The molecule has 21 heavy (non-hydrogen) atoms. The molecule has 1 N–H and O–H groups in total. The lowest BCUT2D eigenvalue weighted by Gasteiger charge is -2.01. The van der Waals surface area contributed by atoms with Crippen LogP contribution >= 0.6 is 0 Å². The third kappa shape index (κ3) is 2.79. The van der Waals surface area contributed by atoms with Crippen LogP contribution in [-0.2, 0) is 6.42 Å². The Balaban J connectivity index is 1.80. The Morgan fingerprint density at radius 1 is 1.24 bits per heavy atom. The van der Waals surface area contributed by atoms with E-state index in [2.05, 4.69) is 0 Å². The van der Waals surface area contributed by atoms with E-state index in [4.69, 9.17) is 4.74 Å². The van der Waals surface area contributed by atoms with Gasteiger partial charge in [0.2, 0.25) is 0 Å².